The molecule has 6 heteroatoms. The molecule has 56 valence electrons. The van der Waals surface area contributed by atoms with Gasteiger partial charge in [-0.1, -0.05) is 0 Å². The van der Waals surface area contributed by atoms with Crippen LogP contribution in [0.15, 0.2) is 11.9 Å². The zero-order valence-electron chi connectivity index (χ0n) is 5.24. The summed E-state index contributed by atoms with van der Waals surface area (Å²) in [4.78, 5) is 10.7. The van der Waals surface area contributed by atoms with Crippen molar-refractivity contribution >= 4 is 5.91 Å². The lowest BCUT2D eigenvalue weighted by Gasteiger charge is -2.27. The molecule has 1 atom stereocenters. The second-order valence-electron chi connectivity index (χ2n) is 1.95. The summed E-state index contributed by atoms with van der Waals surface area (Å²) in [6.45, 7) is 0. The van der Waals surface area contributed by atoms with Crippen LogP contribution >= 0.6 is 0 Å². The molecule has 0 aromatic heterocycles. The SMILES string of the molecule is NC1=CN(N)C(N)NC1=O. The largest absolute Gasteiger partial charge is 0.393 e. The molecule has 0 saturated carbocycles. The number of hydrogen-bond donors (Lipinski definition) is 4. The van der Waals surface area contributed by atoms with E-state index in [0.29, 0.717) is 0 Å². The molecule has 1 heterocycles. The highest BCUT2D eigenvalue weighted by Crippen LogP contribution is 1.95. The Labute approximate surface area is 57.6 Å². The Balaban J connectivity index is 2.79. The number of amides is 1. The number of carbonyl (C=O) groups excluding carboxylic acids is 1. The first-order valence-electron chi connectivity index (χ1n) is 2.68. The third kappa shape index (κ3) is 1.02. The van der Waals surface area contributed by atoms with Gasteiger partial charge in [-0.05, 0) is 0 Å². The van der Waals surface area contributed by atoms with Crippen molar-refractivity contribution in [2.24, 2.45) is 17.3 Å². The van der Waals surface area contributed by atoms with Gasteiger partial charge >= 0.3 is 0 Å². The molecule has 1 aliphatic heterocycles. The summed E-state index contributed by atoms with van der Waals surface area (Å²) in [7, 11) is 0. The maximum Gasteiger partial charge on any atom is 0.271 e. The van der Waals surface area contributed by atoms with Crippen molar-refractivity contribution in [2.45, 2.75) is 6.29 Å². The highest BCUT2D eigenvalue weighted by atomic mass is 16.2. The second kappa shape index (κ2) is 2.16. The Kier molecular flexibility index (Phi) is 1.48. The normalized spacial score (nSPS) is 25.8. The van der Waals surface area contributed by atoms with Gasteiger partial charge in [0.05, 0.1) is 0 Å². The third-order valence-corrected chi connectivity index (χ3v) is 1.15. The maximum atomic E-state index is 10.7. The molecule has 1 amide bonds. The number of nitrogens with one attached hydrogen (secondary N) is 1. The number of hydrazine groups is 1. The fourth-order valence-corrected chi connectivity index (χ4v) is 0.592. The number of hydrogen-bond acceptors (Lipinski definition) is 5. The summed E-state index contributed by atoms with van der Waals surface area (Å²) >= 11 is 0. The first kappa shape index (κ1) is 6.84. The van der Waals surface area contributed by atoms with E-state index in [9.17, 15) is 4.79 Å². The summed E-state index contributed by atoms with van der Waals surface area (Å²) in [5, 5.41) is 3.45. The van der Waals surface area contributed by atoms with Gasteiger partial charge in [-0.25, -0.2) is 5.84 Å². The smallest absolute Gasteiger partial charge is 0.271 e. The van der Waals surface area contributed by atoms with Gasteiger partial charge in [0.25, 0.3) is 5.91 Å². The molecule has 0 aliphatic carbocycles. The first-order chi connectivity index (χ1) is 4.61. The van der Waals surface area contributed by atoms with E-state index in [2.05, 4.69) is 5.32 Å². The molecule has 10 heavy (non-hydrogen) atoms. The van der Waals surface area contributed by atoms with E-state index in [0.717, 1.165) is 5.01 Å². The Hall–Kier alpha value is -1.27. The minimum atomic E-state index is -0.681. The Morgan fingerprint density at radius 1 is 1.70 bits per heavy atom. The van der Waals surface area contributed by atoms with Gasteiger partial charge in [0.1, 0.15) is 5.70 Å². The standard InChI is InChI=1S/C4H9N5O/c5-2-1-9(7)4(6)8-3(2)10/h1,4H,5-7H2,(H,8,10). The lowest BCUT2D eigenvalue weighted by Crippen LogP contribution is -2.59. The van der Waals surface area contributed by atoms with Gasteiger partial charge < -0.3 is 11.1 Å². The van der Waals surface area contributed by atoms with Gasteiger partial charge in [-0.3, -0.25) is 15.5 Å². The van der Waals surface area contributed by atoms with Crippen molar-refractivity contribution in [1.82, 2.24) is 10.3 Å². The van der Waals surface area contributed by atoms with Crippen molar-refractivity contribution in [3.05, 3.63) is 11.9 Å². The highest BCUT2D eigenvalue weighted by Gasteiger charge is 2.18. The molecule has 0 aromatic carbocycles. The number of carbonyl (C=O) groups is 1. The summed E-state index contributed by atoms with van der Waals surface area (Å²) in [6.07, 6.45) is 0.601. The summed E-state index contributed by atoms with van der Waals surface area (Å²) in [5.41, 5.74) is 10.6. The zero-order chi connectivity index (χ0) is 7.72. The molecule has 0 fully saturated rings. The highest BCUT2D eigenvalue weighted by molar-refractivity contribution is 5.93. The maximum absolute atomic E-state index is 10.7. The molecule has 0 bridgehead atoms. The predicted octanol–water partition coefficient (Wildman–Crippen LogP) is -2.67. The molecule has 7 N–H and O–H groups in total. The molecule has 1 rings (SSSR count). The quantitative estimate of drug-likeness (QED) is 0.276. The van der Waals surface area contributed by atoms with Crippen molar-refractivity contribution in [2.75, 3.05) is 0 Å². The van der Waals surface area contributed by atoms with Gasteiger partial charge in [0, 0.05) is 6.20 Å². The predicted molar refractivity (Wildman–Crippen MR) is 34.4 cm³/mol. The van der Waals surface area contributed by atoms with Crippen LogP contribution in [-0.2, 0) is 4.79 Å². The molecule has 1 unspecified atom stereocenters. The van der Waals surface area contributed by atoms with Crippen molar-refractivity contribution in [3.63, 3.8) is 0 Å². The van der Waals surface area contributed by atoms with E-state index < -0.39 is 12.2 Å². The zero-order valence-corrected chi connectivity index (χ0v) is 5.24. The van der Waals surface area contributed by atoms with Crippen molar-refractivity contribution in [1.29, 1.82) is 0 Å². The first-order valence-corrected chi connectivity index (χ1v) is 2.68. The van der Waals surface area contributed by atoms with Crippen LogP contribution < -0.4 is 22.6 Å². The third-order valence-electron chi connectivity index (χ3n) is 1.15. The average molecular weight is 143 g/mol. The van der Waals surface area contributed by atoms with Crippen LogP contribution in [0.2, 0.25) is 0 Å². The van der Waals surface area contributed by atoms with Gasteiger partial charge in [-0.2, -0.15) is 0 Å². The van der Waals surface area contributed by atoms with Crippen LogP contribution in [0.4, 0.5) is 0 Å². The van der Waals surface area contributed by atoms with E-state index in [1.54, 1.807) is 0 Å². The number of nitrogens with two attached hydrogens (primary N) is 3. The fraction of sp³-hybridized carbons (Fsp3) is 0.250. The Morgan fingerprint density at radius 2 is 2.30 bits per heavy atom. The van der Waals surface area contributed by atoms with Crippen LogP contribution in [0.3, 0.4) is 0 Å². The minimum Gasteiger partial charge on any atom is -0.393 e. The Bertz CT molecular complexity index is 188. The van der Waals surface area contributed by atoms with E-state index in [1.807, 2.05) is 0 Å². The molecule has 0 spiro atoms. The van der Waals surface area contributed by atoms with Crippen LogP contribution in [0.5, 0.6) is 0 Å². The van der Waals surface area contributed by atoms with E-state index >= 15 is 0 Å². The topological polar surface area (TPSA) is 110 Å². The molecular formula is C4H9N5O. The summed E-state index contributed by atoms with van der Waals surface area (Å²) in [6, 6.07) is 0. The summed E-state index contributed by atoms with van der Waals surface area (Å²) in [5.74, 6) is 4.87. The number of nitrogens with zero attached hydrogens (tertiary/aromatic N) is 1. The molecule has 0 saturated heterocycles. The number of rotatable bonds is 0. The molecule has 0 aromatic rings. The van der Waals surface area contributed by atoms with Crippen LogP contribution in [0.1, 0.15) is 0 Å². The molecule has 1 aliphatic rings. The Morgan fingerprint density at radius 3 is 2.80 bits per heavy atom. The molecule has 0 radical (unpaired) electrons. The monoisotopic (exact) mass is 143 g/mol. The van der Waals surface area contributed by atoms with E-state index in [4.69, 9.17) is 17.3 Å². The van der Waals surface area contributed by atoms with Gasteiger partial charge in [0.15, 0.2) is 6.29 Å². The molecule has 6 nitrogen and oxygen atoms in total. The summed E-state index contributed by atoms with van der Waals surface area (Å²) < 4.78 is 0. The van der Waals surface area contributed by atoms with Crippen LogP contribution in [0, 0.1) is 0 Å². The van der Waals surface area contributed by atoms with E-state index in [1.165, 1.54) is 6.20 Å². The lowest BCUT2D eigenvalue weighted by atomic mass is 10.4. The van der Waals surface area contributed by atoms with Crippen molar-refractivity contribution in [3.8, 4) is 0 Å². The fourth-order valence-electron chi connectivity index (χ4n) is 0.592. The van der Waals surface area contributed by atoms with Gasteiger partial charge in [-0.15, -0.1) is 0 Å². The van der Waals surface area contributed by atoms with Crippen molar-refractivity contribution < 1.29 is 4.79 Å². The lowest BCUT2D eigenvalue weighted by molar-refractivity contribution is -0.120. The van der Waals surface area contributed by atoms with Crippen LogP contribution in [-0.4, -0.2) is 17.2 Å². The molecular weight excluding hydrogens is 134 g/mol. The minimum absolute atomic E-state index is 0.0594. The van der Waals surface area contributed by atoms with Crippen LogP contribution in [0.25, 0.3) is 0 Å². The second-order valence-corrected chi connectivity index (χ2v) is 1.95. The average Bonchev–Trinajstić information content (AvgIpc) is 1.84. The van der Waals surface area contributed by atoms with Gasteiger partial charge in [0.2, 0.25) is 0 Å². The van der Waals surface area contributed by atoms with E-state index in [-0.39, 0.29) is 5.70 Å².